The number of methoxy groups -OCH3 is 1. The van der Waals surface area contributed by atoms with Crippen LogP contribution < -0.4 is 30.3 Å². The highest BCUT2D eigenvalue weighted by Gasteiger charge is 2.51. The summed E-state index contributed by atoms with van der Waals surface area (Å²) < 4.78 is 67.8. The molecule has 5 fully saturated rings. The molecule has 8 atom stereocenters. The van der Waals surface area contributed by atoms with E-state index in [-0.39, 0.29) is 113 Å². The van der Waals surface area contributed by atoms with Crippen molar-refractivity contribution in [3.8, 4) is 33.5 Å². The van der Waals surface area contributed by atoms with Crippen molar-refractivity contribution in [1.29, 1.82) is 0 Å². The fourth-order valence-corrected chi connectivity index (χ4v) is 15.1. The Kier molecular flexibility index (Phi) is 20.9. The van der Waals surface area contributed by atoms with Gasteiger partial charge in [-0.2, -0.15) is 9.97 Å². The van der Waals surface area contributed by atoms with Gasteiger partial charge in [-0.1, -0.05) is 58.0 Å². The van der Waals surface area contributed by atoms with Crippen LogP contribution in [0.3, 0.4) is 0 Å². The third kappa shape index (κ3) is 14.7. The number of carbonyl (C=O) groups is 4. The van der Waals surface area contributed by atoms with Crippen LogP contribution in [0.4, 0.5) is 19.4 Å². The van der Waals surface area contributed by atoms with Crippen molar-refractivity contribution in [2.45, 2.75) is 142 Å². The first-order chi connectivity index (χ1) is 44.3. The Morgan fingerprint density at radius 1 is 0.902 bits per heavy atom. The molecule has 1 aliphatic carbocycles. The van der Waals surface area contributed by atoms with Crippen LogP contribution in [0.25, 0.3) is 43.4 Å². The van der Waals surface area contributed by atoms with E-state index in [0.29, 0.717) is 57.1 Å². The van der Waals surface area contributed by atoms with E-state index in [1.165, 1.54) is 18.1 Å². The molecule has 5 aliphatic rings. The maximum Gasteiger partial charge on any atom is 0.407 e. The molecule has 4 amide bonds. The normalized spacial score (nSPS) is 22.0. The summed E-state index contributed by atoms with van der Waals surface area (Å²) in [5.74, 6) is -0.286. The fourth-order valence-electron chi connectivity index (χ4n) is 14.3. The molecular formula is C68H86F2N10O11S. The zero-order valence-electron chi connectivity index (χ0n) is 53.7. The third-order valence-corrected chi connectivity index (χ3v) is 20.0. The second kappa shape index (κ2) is 29.0. The number of hydrogen-bond acceptors (Lipinski definition) is 18. The van der Waals surface area contributed by atoms with E-state index in [0.717, 1.165) is 86.3 Å². The molecule has 11 rings (SSSR count). The maximum atomic E-state index is 17.6. The van der Waals surface area contributed by atoms with E-state index in [9.17, 15) is 24.3 Å². The number of aromatic nitrogens is 4. The molecule has 494 valence electrons. The van der Waals surface area contributed by atoms with Gasteiger partial charge in [-0.3, -0.25) is 24.3 Å². The summed E-state index contributed by atoms with van der Waals surface area (Å²) in [5, 5.41) is 21.0. The molecule has 0 spiro atoms. The van der Waals surface area contributed by atoms with Gasteiger partial charge in [-0.25, -0.2) is 18.6 Å². The van der Waals surface area contributed by atoms with E-state index < -0.39 is 53.1 Å². The van der Waals surface area contributed by atoms with Gasteiger partial charge in [-0.15, -0.1) is 11.3 Å². The molecule has 3 unspecified atom stereocenters. The number of amides is 4. The predicted molar refractivity (Wildman–Crippen MR) is 344 cm³/mol. The highest BCUT2D eigenvalue weighted by atomic mass is 32.1. The Morgan fingerprint density at radius 3 is 2.40 bits per heavy atom. The van der Waals surface area contributed by atoms with E-state index in [4.69, 9.17) is 43.4 Å². The van der Waals surface area contributed by atoms with Gasteiger partial charge in [0.05, 0.1) is 65.6 Å². The minimum Gasteiger partial charge on any atom is -0.468 e. The van der Waals surface area contributed by atoms with Gasteiger partial charge in [0.2, 0.25) is 17.7 Å². The Hall–Kier alpha value is -7.22. The average molecular weight is 1290 g/mol. The minimum atomic E-state index is -0.980. The molecule has 1 saturated carbocycles. The SMILES string of the molecule is CCc1c(F)ccc2cc(OCOC)cc(-c3ncc4c(N5CC6CCC(C6)C5)nc(OCC56CCCN5[C@@H](COC(=O)NCCOCCOCCC(=O)N[C@H](C(=O)N5C[C@H](O)C[C@H]5C(=O)N[C@@H](C)c5ccc(-c7scnc7C)cc5)C(C)(C)C)CC6)nc4c3F)c12. The number of anilines is 1. The lowest BCUT2D eigenvalue weighted by atomic mass is 9.85. The first-order valence-electron chi connectivity index (χ1n) is 32.3. The number of carbonyl (C=O) groups excluding carboxylic acids is 4. The van der Waals surface area contributed by atoms with E-state index >= 15 is 8.78 Å². The lowest BCUT2D eigenvalue weighted by Gasteiger charge is -2.35. The number of alkyl carbamates (subject to hydrolysis) is 1. The number of benzene rings is 3. The van der Waals surface area contributed by atoms with Crippen molar-refractivity contribution in [2.24, 2.45) is 17.3 Å². The highest BCUT2D eigenvalue weighted by Crippen LogP contribution is 2.45. The Labute approximate surface area is 539 Å². The molecule has 92 heavy (non-hydrogen) atoms. The van der Waals surface area contributed by atoms with E-state index in [1.54, 1.807) is 35.7 Å². The lowest BCUT2D eigenvalue weighted by molar-refractivity contribution is -0.144. The van der Waals surface area contributed by atoms with Gasteiger partial charge >= 0.3 is 12.1 Å². The number of halogens is 2. The van der Waals surface area contributed by atoms with Gasteiger partial charge < -0.3 is 59.3 Å². The monoisotopic (exact) mass is 1290 g/mol. The van der Waals surface area contributed by atoms with Crippen LogP contribution in [0.2, 0.25) is 0 Å². The third-order valence-electron chi connectivity index (χ3n) is 19.0. The Morgan fingerprint density at radius 2 is 1.67 bits per heavy atom. The molecule has 4 N–H and O–H groups in total. The van der Waals surface area contributed by atoms with Crippen LogP contribution in [0, 0.1) is 35.8 Å². The number of nitrogens with zero attached hydrogens (tertiary/aromatic N) is 7. The summed E-state index contributed by atoms with van der Waals surface area (Å²) in [4.78, 5) is 80.1. The van der Waals surface area contributed by atoms with Gasteiger partial charge in [0.1, 0.15) is 53.9 Å². The number of nitrogens with one attached hydrogen (secondary N) is 3. The number of likely N-dealkylation sites (tertiary alicyclic amines) is 1. The number of pyridine rings is 1. The van der Waals surface area contributed by atoms with Gasteiger partial charge in [0, 0.05) is 63.9 Å². The quantitative estimate of drug-likeness (QED) is 0.0292. The van der Waals surface area contributed by atoms with Crippen LogP contribution in [0.5, 0.6) is 11.8 Å². The highest BCUT2D eigenvalue weighted by molar-refractivity contribution is 7.13. The molecule has 0 radical (unpaired) electrons. The van der Waals surface area contributed by atoms with E-state index in [1.807, 2.05) is 71.3 Å². The molecular weight excluding hydrogens is 1200 g/mol. The standard InChI is InChI=1S/C68H86F2N10O11S/c1-8-50-53(69)17-16-46-29-49(91-39-86-7)31-51(56(46)50)58-57(70)59-52(32-72-58)62(78-33-42-10-11-43(28-42)34-78)77-65(76-59)90-37-68-20-9-23-80(68)47(18-21-68)36-89-66(85)71-22-25-88-27-26-87-24-19-55(82)75-61(67(4,5)6)64(84)79-35-48(81)30-54(79)63(83)74-40(2)44-12-14-45(15-13-44)60-41(3)73-38-92-60/h12-17,29,31-32,38,40,42-43,47-48,54,61,81H,8-11,18-28,30,33-37,39H2,1-7H3,(H,71,85)(H,74,83)(H,75,82)/t40-,42?,43?,47+,48+,54-,61+,68?/m0/s1. The van der Waals surface area contributed by atoms with Gasteiger partial charge in [-0.05, 0) is 135 Å². The Bertz CT molecular complexity index is 3620. The number of aliphatic hydroxyl groups excluding tert-OH is 1. The number of ether oxygens (including phenoxy) is 6. The summed E-state index contributed by atoms with van der Waals surface area (Å²) in [7, 11) is 1.51. The first kappa shape index (κ1) is 66.2. The molecule has 21 nitrogen and oxygen atoms in total. The topological polar surface area (TPSA) is 241 Å². The van der Waals surface area contributed by atoms with Crippen LogP contribution >= 0.6 is 11.3 Å². The summed E-state index contributed by atoms with van der Waals surface area (Å²) in [5.41, 5.74) is 4.48. The van der Waals surface area contributed by atoms with Crippen molar-refractivity contribution in [3.05, 3.63) is 88.7 Å². The number of rotatable bonds is 26. The zero-order chi connectivity index (χ0) is 64.8. The number of piperidine rings is 1. The number of thiazole rings is 1. The summed E-state index contributed by atoms with van der Waals surface area (Å²) in [6.07, 6.45) is 7.36. The van der Waals surface area contributed by atoms with Crippen LogP contribution in [0.15, 0.2) is 60.2 Å². The largest absolute Gasteiger partial charge is 0.468 e. The minimum absolute atomic E-state index is 0.00840. The fraction of sp³-hybridized carbons (Fsp3) is 0.559. The number of hydrogen-bond donors (Lipinski definition) is 4. The molecule has 2 bridgehead atoms. The number of aryl methyl sites for hydroxylation is 2. The number of β-amino-alcohol motifs (C(OH)–C–C–N with tert-alkyl or cyclic N) is 1. The first-order valence-corrected chi connectivity index (χ1v) is 33.2. The number of fused-ring (bicyclic) bond motifs is 5. The van der Waals surface area contributed by atoms with Gasteiger partial charge in [0.15, 0.2) is 12.6 Å². The summed E-state index contributed by atoms with van der Waals surface area (Å²) in [6, 6.07) is 12.2. The van der Waals surface area contributed by atoms with Crippen LogP contribution in [-0.2, 0) is 39.8 Å². The average Bonchev–Trinajstić information content (AvgIpc) is 0.772. The Balaban J connectivity index is 0.628. The van der Waals surface area contributed by atoms with Crippen LogP contribution in [-0.4, -0.2) is 175 Å². The molecule has 4 saturated heterocycles. The molecule has 3 aromatic carbocycles. The smallest absolute Gasteiger partial charge is 0.407 e. The van der Waals surface area contributed by atoms with Crippen LogP contribution in [0.1, 0.15) is 115 Å². The molecule has 6 aromatic rings. The molecule has 4 aliphatic heterocycles. The van der Waals surface area contributed by atoms with Crippen molar-refractivity contribution in [2.75, 3.05) is 91.2 Å². The molecule has 24 heteroatoms. The summed E-state index contributed by atoms with van der Waals surface area (Å²) >= 11 is 1.57. The lowest BCUT2D eigenvalue weighted by Crippen LogP contribution is -2.58. The zero-order valence-corrected chi connectivity index (χ0v) is 54.5. The van der Waals surface area contributed by atoms with E-state index in [2.05, 4.69) is 30.7 Å². The van der Waals surface area contributed by atoms with Gasteiger partial charge in [0.25, 0.3) is 0 Å². The van der Waals surface area contributed by atoms with Crippen molar-refractivity contribution < 1.29 is 61.5 Å². The summed E-state index contributed by atoms with van der Waals surface area (Å²) in [6.45, 7) is 14.8. The molecule has 3 aromatic heterocycles. The number of aliphatic hydroxyl groups is 1. The second-order valence-corrected chi connectivity index (χ2v) is 27.2. The predicted octanol–water partition coefficient (Wildman–Crippen LogP) is 9.23. The molecule has 7 heterocycles. The van der Waals surface area contributed by atoms with Crippen molar-refractivity contribution in [1.82, 2.24) is 45.7 Å². The second-order valence-electron chi connectivity index (χ2n) is 26.3. The van der Waals surface area contributed by atoms with Crippen molar-refractivity contribution in [3.63, 3.8) is 0 Å². The van der Waals surface area contributed by atoms with Crippen molar-refractivity contribution >= 4 is 62.6 Å². The maximum absolute atomic E-state index is 17.6.